The third-order valence-corrected chi connectivity index (χ3v) is 6.77. The minimum Gasteiger partial charge on any atom is -0.495 e. The van der Waals surface area contributed by atoms with Gasteiger partial charge in [0.25, 0.3) is 0 Å². The minimum atomic E-state index is -3.60. The maximum Gasteiger partial charge on any atom is 0.243 e. The molecule has 0 bridgehead atoms. The van der Waals surface area contributed by atoms with E-state index >= 15 is 0 Å². The van der Waals surface area contributed by atoms with E-state index in [1.807, 2.05) is 32.0 Å². The maximum atomic E-state index is 12.9. The summed E-state index contributed by atoms with van der Waals surface area (Å²) in [5.41, 5.74) is 3.68. The number of methoxy groups -OCH3 is 1. The predicted molar refractivity (Wildman–Crippen MR) is 118 cm³/mol. The Morgan fingerprint density at radius 2 is 1.76 bits per heavy atom. The molecule has 2 aromatic rings. The van der Waals surface area contributed by atoms with Gasteiger partial charge in [0.2, 0.25) is 10.0 Å². The first-order chi connectivity index (χ1) is 13.8. The fraction of sp³-hybridized carbons (Fsp3) is 0.350. The molecular formula is C20H25N3O4S2. The Kier molecular flexibility index (Phi) is 6.74. The Labute approximate surface area is 177 Å². The first kappa shape index (κ1) is 21.5. The topological polar surface area (TPSA) is 79.9 Å². The van der Waals surface area contributed by atoms with Gasteiger partial charge in [0.15, 0.2) is 5.11 Å². The van der Waals surface area contributed by atoms with Crippen LogP contribution in [0.15, 0.2) is 41.3 Å². The first-order valence-corrected chi connectivity index (χ1v) is 11.1. The molecule has 0 saturated carbocycles. The molecule has 0 spiro atoms. The molecule has 0 atom stereocenters. The standard InChI is InChI=1S/C20H25N3O4S2/c1-14-4-5-15(2)18(12-14)22-20(28)21-17-7-6-16(13-19(17)26-3)29(24,25)23-8-10-27-11-9-23/h4-7,12-13H,8-11H2,1-3H3,(H2,21,22,28). The van der Waals surface area contributed by atoms with E-state index in [9.17, 15) is 8.42 Å². The summed E-state index contributed by atoms with van der Waals surface area (Å²) in [5, 5.41) is 6.64. The highest BCUT2D eigenvalue weighted by atomic mass is 32.2. The Morgan fingerprint density at radius 3 is 2.45 bits per heavy atom. The van der Waals surface area contributed by atoms with Gasteiger partial charge in [0.05, 0.1) is 30.9 Å². The molecule has 1 aliphatic rings. The van der Waals surface area contributed by atoms with Gasteiger partial charge in [-0.2, -0.15) is 4.31 Å². The maximum absolute atomic E-state index is 12.9. The summed E-state index contributed by atoms with van der Waals surface area (Å²) in [5.74, 6) is 0.393. The van der Waals surface area contributed by atoms with E-state index in [-0.39, 0.29) is 4.90 Å². The number of ether oxygens (including phenoxy) is 2. The van der Waals surface area contributed by atoms with Crippen molar-refractivity contribution in [3.8, 4) is 5.75 Å². The number of hydrogen-bond acceptors (Lipinski definition) is 5. The molecule has 3 rings (SSSR count). The van der Waals surface area contributed by atoms with E-state index < -0.39 is 10.0 Å². The molecule has 7 nitrogen and oxygen atoms in total. The highest BCUT2D eigenvalue weighted by Crippen LogP contribution is 2.29. The van der Waals surface area contributed by atoms with E-state index in [1.54, 1.807) is 12.1 Å². The Morgan fingerprint density at radius 1 is 1.07 bits per heavy atom. The van der Waals surface area contributed by atoms with Crippen LogP contribution in [0.4, 0.5) is 11.4 Å². The minimum absolute atomic E-state index is 0.176. The number of nitrogens with zero attached hydrogens (tertiary/aromatic N) is 1. The average molecular weight is 436 g/mol. The summed E-state index contributed by atoms with van der Waals surface area (Å²) >= 11 is 5.42. The van der Waals surface area contributed by atoms with Crippen molar-refractivity contribution in [1.82, 2.24) is 4.31 Å². The van der Waals surface area contributed by atoms with Crippen LogP contribution in [0.1, 0.15) is 11.1 Å². The average Bonchev–Trinajstić information content (AvgIpc) is 2.71. The van der Waals surface area contributed by atoms with Gasteiger partial charge in [-0.3, -0.25) is 0 Å². The van der Waals surface area contributed by atoms with Crippen molar-refractivity contribution in [2.24, 2.45) is 0 Å². The van der Waals surface area contributed by atoms with Crippen molar-refractivity contribution in [2.75, 3.05) is 44.0 Å². The highest BCUT2D eigenvalue weighted by molar-refractivity contribution is 7.89. The van der Waals surface area contributed by atoms with Crippen LogP contribution in [0.5, 0.6) is 5.75 Å². The van der Waals surface area contributed by atoms with Crippen LogP contribution in [0.3, 0.4) is 0 Å². The molecule has 0 aromatic heterocycles. The summed E-state index contributed by atoms with van der Waals surface area (Å²) in [6.45, 7) is 5.49. The highest BCUT2D eigenvalue weighted by Gasteiger charge is 2.27. The van der Waals surface area contributed by atoms with Crippen molar-refractivity contribution in [2.45, 2.75) is 18.7 Å². The van der Waals surface area contributed by atoms with Crippen LogP contribution < -0.4 is 15.4 Å². The van der Waals surface area contributed by atoms with Crippen molar-refractivity contribution in [3.63, 3.8) is 0 Å². The zero-order chi connectivity index (χ0) is 21.0. The molecule has 0 aliphatic carbocycles. The number of aryl methyl sites for hydroxylation is 2. The molecule has 2 N–H and O–H groups in total. The van der Waals surface area contributed by atoms with Gasteiger partial charge in [0.1, 0.15) is 5.75 Å². The summed E-state index contributed by atoms with van der Waals surface area (Å²) in [7, 11) is -2.11. The molecule has 0 unspecified atom stereocenters. The monoisotopic (exact) mass is 435 g/mol. The second kappa shape index (κ2) is 9.08. The number of benzene rings is 2. The summed E-state index contributed by atoms with van der Waals surface area (Å²) in [6, 6.07) is 10.8. The molecule has 0 radical (unpaired) electrons. The van der Waals surface area contributed by atoms with Crippen LogP contribution in [0.2, 0.25) is 0 Å². The normalized spacial score (nSPS) is 15.0. The Bertz CT molecular complexity index is 1000. The SMILES string of the molecule is COc1cc(S(=O)(=O)N2CCOCC2)ccc1NC(=S)Nc1cc(C)ccc1C. The van der Waals surface area contributed by atoms with Gasteiger partial charge >= 0.3 is 0 Å². The van der Waals surface area contributed by atoms with Crippen molar-refractivity contribution < 1.29 is 17.9 Å². The van der Waals surface area contributed by atoms with Crippen LogP contribution in [-0.2, 0) is 14.8 Å². The van der Waals surface area contributed by atoms with Crippen LogP contribution in [-0.4, -0.2) is 51.2 Å². The number of rotatable bonds is 5. The molecule has 1 aliphatic heterocycles. The lowest BCUT2D eigenvalue weighted by Crippen LogP contribution is -2.40. The van der Waals surface area contributed by atoms with Gasteiger partial charge in [-0.25, -0.2) is 8.42 Å². The zero-order valence-electron chi connectivity index (χ0n) is 16.7. The van der Waals surface area contributed by atoms with E-state index in [2.05, 4.69) is 10.6 Å². The van der Waals surface area contributed by atoms with E-state index in [1.165, 1.54) is 17.5 Å². The molecule has 156 valence electrons. The number of morpholine rings is 1. The molecule has 2 aromatic carbocycles. The fourth-order valence-corrected chi connectivity index (χ4v) is 4.66. The second-order valence-corrected chi connectivity index (χ2v) is 9.12. The van der Waals surface area contributed by atoms with Crippen molar-refractivity contribution in [3.05, 3.63) is 47.5 Å². The van der Waals surface area contributed by atoms with Gasteiger partial charge in [-0.1, -0.05) is 12.1 Å². The van der Waals surface area contributed by atoms with Crippen molar-refractivity contribution in [1.29, 1.82) is 0 Å². The molecule has 0 amide bonds. The smallest absolute Gasteiger partial charge is 0.243 e. The Hall–Kier alpha value is -2.20. The summed E-state index contributed by atoms with van der Waals surface area (Å²) < 4.78 is 37.8. The number of thiocarbonyl (C=S) groups is 1. The molecular weight excluding hydrogens is 410 g/mol. The van der Waals surface area contributed by atoms with E-state index in [0.29, 0.717) is 42.9 Å². The third kappa shape index (κ3) is 5.05. The zero-order valence-corrected chi connectivity index (χ0v) is 18.3. The van der Waals surface area contributed by atoms with Gasteiger partial charge in [-0.05, 0) is 55.4 Å². The predicted octanol–water partition coefficient (Wildman–Crippen LogP) is 3.14. The molecule has 9 heteroatoms. The number of sulfonamides is 1. The van der Waals surface area contributed by atoms with Gasteiger partial charge < -0.3 is 20.1 Å². The number of anilines is 2. The lowest BCUT2D eigenvalue weighted by molar-refractivity contribution is 0.0730. The summed E-state index contributed by atoms with van der Waals surface area (Å²) in [6.07, 6.45) is 0. The summed E-state index contributed by atoms with van der Waals surface area (Å²) in [4.78, 5) is 0.176. The van der Waals surface area contributed by atoms with Crippen LogP contribution in [0.25, 0.3) is 0 Å². The lowest BCUT2D eigenvalue weighted by Gasteiger charge is -2.26. The van der Waals surface area contributed by atoms with E-state index in [4.69, 9.17) is 21.7 Å². The molecule has 1 heterocycles. The van der Waals surface area contributed by atoms with Gasteiger partial charge in [-0.15, -0.1) is 0 Å². The largest absolute Gasteiger partial charge is 0.495 e. The van der Waals surface area contributed by atoms with Crippen LogP contribution in [0, 0.1) is 13.8 Å². The quantitative estimate of drug-likeness (QED) is 0.699. The number of hydrogen-bond donors (Lipinski definition) is 2. The number of nitrogens with one attached hydrogen (secondary N) is 2. The lowest BCUT2D eigenvalue weighted by atomic mass is 10.1. The molecule has 1 fully saturated rings. The van der Waals surface area contributed by atoms with Crippen molar-refractivity contribution >= 4 is 38.7 Å². The fourth-order valence-electron chi connectivity index (χ4n) is 3.02. The molecule has 29 heavy (non-hydrogen) atoms. The van der Waals surface area contributed by atoms with Crippen LogP contribution >= 0.6 is 12.2 Å². The first-order valence-electron chi connectivity index (χ1n) is 9.22. The Balaban J connectivity index is 1.78. The van der Waals surface area contributed by atoms with Gasteiger partial charge in [0, 0.05) is 24.8 Å². The third-order valence-electron chi connectivity index (χ3n) is 4.67. The second-order valence-electron chi connectivity index (χ2n) is 6.78. The van der Waals surface area contributed by atoms with E-state index in [0.717, 1.165) is 16.8 Å². The molecule has 1 saturated heterocycles.